The molecule has 3 saturated heterocycles. The van der Waals surface area contributed by atoms with Crippen molar-refractivity contribution in [3.63, 3.8) is 0 Å². The van der Waals surface area contributed by atoms with Crippen molar-refractivity contribution in [2.75, 3.05) is 20.8 Å². The zero-order valence-electron chi connectivity index (χ0n) is 16.5. The Morgan fingerprint density at radius 3 is 2.00 bits per heavy atom. The van der Waals surface area contributed by atoms with Crippen LogP contribution in [0, 0.1) is 0 Å². The molecular weight excluding hydrogens is 358 g/mol. The molecule has 6 nitrogen and oxygen atoms in total. The lowest BCUT2D eigenvalue weighted by Crippen LogP contribution is -2.40. The van der Waals surface area contributed by atoms with E-state index in [1.165, 1.54) is 0 Å². The maximum atomic E-state index is 6.72. The van der Waals surface area contributed by atoms with Crippen molar-refractivity contribution in [2.45, 2.75) is 43.7 Å². The second-order valence-electron chi connectivity index (χ2n) is 7.85. The molecule has 3 heterocycles. The van der Waals surface area contributed by atoms with Gasteiger partial charge in [-0.15, -0.1) is 0 Å². The Morgan fingerprint density at radius 2 is 1.43 bits per heavy atom. The second-order valence-corrected chi connectivity index (χ2v) is 7.85. The molecule has 0 spiro atoms. The first-order valence-electron chi connectivity index (χ1n) is 9.53. The Hall–Kier alpha value is -2.12. The average Bonchev–Trinajstić information content (AvgIpc) is 3.36. The third-order valence-electron chi connectivity index (χ3n) is 6.24. The van der Waals surface area contributed by atoms with E-state index in [4.69, 9.17) is 23.7 Å². The summed E-state index contributed by atoms with van der Waals surface area (Å²) >= 11 is 0. The topological polar surface area (TPSA) is 49.4 Å². The number of hydrogen-bond acceptors (Lipinski definition) is 6. The van der Waals surface area contributed by atoms with E-state index in [-0.39, 0.29) is 18.7 Å². The summed E-state index contributed by atoms with van der Waals surface area (Å²) in [7, 11) is 3.34. The molecule has 5 atom stereocenters. The van der Waals surface area contributed by atoms with E-state index in [1.54, 1.807) is 14.2 Å². The molecule has 0 bridgehead atoms. The van der Waals surface area contributed by atoms with Crippen molar-refractivity contribution in [1.29, 1.82) is 0 Å². The van der Waals surface area contributed by atoms with Crippen LogP contribution in [0.15, 0.2) is 48.5 Å². The fraction of sp³-hybridized carbons (Fsp3) is 0.455. The van der Waals surface area contributed by atoms with Gasteiger partial charge in [0.1, 0.15) is 41.4 Å². The van der Waals surface area contributed by atoms with Crippen molar-refractivity contribution in [1.82, 2.24) is 4.90 Å². The molecule has 2 aromatic rings. The smallest absolute Gasteiger partial charge is 0.149 e. The SMILES string of the molecule is COc1cccc([C@]2(C)O[C@H]3CO[C@@H]4N3[C@H]2O[C@]4(C)c2cccc(OC)c2)c1. The van der Waals surface area contributed by atoms with Gasteiger partial charge < -0.3 is 23.7 Å². The lowest BCUT2D eigenvalue weighted by molar-refractivity contribution is -0.138. The van der Waals surface area contributed by atoms with Crippen LogP contribution < -0.4 is 9.47 Å². The third-order valence-corrected chi connectivity index (χ3v) is 6.24. The van der Waals surface area contributed by atoms with Gasteiger partial charge in [0.05, 0.1) is 20.8 Å². The van der Waals surface area contributed by atoms with Crippen molar-refractivity contribution in [3.05, 3.63) is 59.7 Å². The van der Waals surface area contributed by atoms with Crippen LogP contribution in [0.25, 0.3) is 0 Å². The van der Waals surface area contributed by atoms with Crippen LogP contribution in [0.2, 0.25) is 0 Å². The van der Waals surface area contributed by atoms with Gasteiger partial charge in [-0.3, -0.25) is 0 Å². The largest absolute Gasteiger partial charge is 0.497 e. The van der Waals surface area contributed by atoms with Gasteiger partial charge in [0.2, 0.25) is 0 Å². The minimum atomic E-state index is -0.627. The zero-order chi connectivity index (χ0) is 19.5. The summed E-state index contributed by atoms with van der Waals surface area (Å²) in [5, 5.41) is 0. The van der Waals surface area contributed by atoms with Crippen LogP contribution in [0.4, 0.5) is 0 Å². The monoisotopic (exact) mass is 383 g/mol. The number of methoxy groups -OCH3 is 2. The number of nitrogens with zero attached hydrogens (tertiary/aromatic N) is 1. The first kappa shape index (κ1) is 17.9. The van der Waals surface area contributed by atoms with Crippen LogP contribution in [0.5, 0.6) is 11.5 Å². The first-order chi connectivity index (χ1) is 13.5. The van der Waals surface area contributed by atoms with Crippen molar-refractivity contribution < 1.29 is 23.7 Å². The van der Waals surface area contributed by atoms with Gasteiger partial charge in [0.15, 0.2) is 0 Å². The van der Waals surface area contributed by atoms with Gasteiger partial charge in [0, 0.05) is 0 Å². The molecular formula is C22H25NO5. The number of benzene rings is 2. The third kappa shape index (κ3) is 2.35. The highest BCUT2D eigenvalue weighted by Gasteiger charge is 2.68. The minimum Gasteiger partial charge on any atom is -0.497 e. The van der Waals surface area contributed by atoms with E-state index in [2.05, 4.69) is 30.9 Å². The molecule has 148 valence electrons. The summed E-state index contributed by atoms with van der Waals surface area (Å²) in [6, 6.07) is 16.0. The number of ether oxygens (including phenoxy) is 5. The standard InChI is InChI=1S/C22H25NO5/c1-21(14-7-5-9-16(11-14)24-3)19-23-18(13-26-19)27-22(2,20(23)28-21)15-8-6-10-17(12-15)25-4/h5-12,18-20H,13H2,1-4H3/t18-,19-,20-,21+,22-/m0/s1. The summed E-state index contributed by atoms with van der Waals surface area (Å²) in [5.41, 5.74) is 0.801. The molecule has 0 N–H and O–H groups in total. The molecule has 0 radical (unpaired) electrons. The molecule has 6 heteroatoms. The van der Waals surface area contributed by atoms with E-state index in [0.29, 0.717) is 6.61 Å². The normalized spacial score (nSPS) is 36.5. The summed E-state index contributed by atoms with van der Waals surface area (Å²) in [5.74, 6) is 1.60. The lowest BCUT2D eigenvalue weighted by atomic mass is 9.93. The van der Waals surface area contributed by atoms with Crippen molar-refractivity contribution in [3.8, 4) is 11.5 Å². The van der Waals surface area contributed by atoms with Gasteiger partial charge in [0.25, 0.3) is 0 Å². The fourth-order valence-corrected chi connectivity index (χ4v) is 4.68. The molecule has 3 aliphatic heterocycles. The highest BCUT2D eigenvalue weighted by Crippen LogP contribution is 2.56. The summed E-state index contributed by atoms with van der Waals surface area (Å²) in [6.07, 6.45) is -0.631. The van der Waals surface area contributed by atoms with Crippen LogP contribution in [-0.4, -0.2) is 44.4 Å². The Kier molecular flexibility index (Phi) is 3.97. The molecule has 0 aliphatic carbocycles. The van der Waals surface area contributed by atoms with E-state index in [9.17, 15) is 0 Å². The van der Waals surface area contributed by atoms with Gasteiger partial charge in [-0.25, -0.2) is 4.90 Å². The van der Waals surface area contributed by atoms with Crippen LogP contribution >= 0.6 is 0 Å². The molecule has 3 fully saturated rings. The molecule has 0 amide bonds. The Bertz CT molecular complexity index is 857. The van der Waals surface area contributed by atoms with Crippen LogP contribution in [0.1, 0.15) is 25.0 Å². The van der Waals surface area contributed by atoms with E-state index < -0.39 is 11.2 Å². The zero-order valence-corrected chi connectivity index (χ0v) is 16.5. The van der Waals surface area contributed by atoms with Gasteiger partial charge in [-0.1, -0.05) is 24.3 Å². The average molecular weight is 383 g/mol. The van der Waals surface area contributed by atoms with Gasteiger partial charge in [-0.05, 0) is 49.2 Å². The number of rotatable bonds is 4. The van der Waals surface area contributed by atoms with E-state index in [0.717, 1.165) is 22.6 Å². The molecule has 3 aliphatic rings. The lowest BCUT2D eigenvalue weighted by Gasteiger charge is -2.33. The Morgan fingerprint density at radius 1 is 0.857 bits per heavy atom. The van der Waals surface area contributed by atoms with Crippen LogP contribution in [0.3, 0.4) is 0 Å². The van der Waals surface area contributed by atoms with Crippen molar-refractivity contribution in [2.24, 2.45) is 0 Å². The van der Waals surface area contributed by atoms with Crippen LogP contribution in [-0.2, 0) is 25.4 Å². The quantitative estimate of drug-likeness (QED) is 0.808. The highest BCUT2D eigenvalue weighted by atomic mass is 16.7. The summed E-state index contributed by atoms with van der Waals surface area (Å²) in [6.45, 7) is 4.68. The molecule has 28 heavy (non-hydrogen) atoms. The molecule has 2 aromatic carbocycles. The molecule has 5 rings (SSSR count). The predicted octanol–water partition coefficient (Wildman–Crippen LogP) is 3.21. The fourth-order valence-electron chi connectivity index (χ4n) is 4.68. The van der Waals surface area contributed by atoms with Gasteiger partial charge in [-0.2, -0.15) is 0 Å². The number of hydrogen-bond donors (Lipinski definition) is 0. The maximum absolute atomic E-state index is 6.72. The highest BCUT2D eigenvalue weighted by molar-refractivity contribution is 5.37. The molecule has 0 saturated carbocycles. The molecule has 0 unspecified atom stereocenters. The summed E-state index contributed by atoms with van der Waals surface area (Å²) < 4.78 is 30.2. The van der Waals surface area contributed by atoms with E-state index >= 15 is 0 Å². The second kappa shape index (κ2) is 6.19. The first-order valence-corrected chi connectivity index (χ1v) is 9.53. The van der Waals surface area contributed by atoms with E-state index in [1.807, 2.05) is 36.4 Å². The summed E-state index contributed by atoms with van der Waals surface area (Å²) in [4.78, 5) is 2.22. The van der Waals surface area contributed by atoms with Crippen molar-refractivity contribution >= 4 is 0 Å². The predicted molar refractivity (Wildman–Crippen MR) is 102 cm³/mol. The minimum absolute atomic E-state index is 0.140. The Labute approximate surface area is 164 Å². The Balaban J connectivity index is 1.56. The van der Waals surface area contributed by atoms with Gasteiger partial charge >= 0.3 is 0 Å². The molecule has 0 aromatic heterocycles. The maximum Gasteiger partial charge on any atom is 0.149 e.